The average Bonchev–Trinajstić information content (AvgIpc) is 2.25. The van der Waals surface area contributed by atoms with E-state index in [1.54, 1.807) is 12.1 Å². The predicted molar refractivity (Wildman–Crippen MR) is 68.8 cm³/mol. The molecule has 2 nitrogen and oxygen atoms in total. The molecule has 0 aliphatic carbocycles. The highest BCUT2D eigenvalue weighted by molar-refractivity contribution is 5.48. The van der Waals surface area contributed by atoms with E-state index in [0.29, 0.717) is 0 Å². The van der Waals surface area contributed by atoms with Gasteiger partial charge < -0.3 is 9.84 Å². The fraction of sp³-hybridized carbons (Fsp3) is 0.200. The molecule has 0 aliphatic rings. The Hall–Kier alpha value is -1.96. The second-order valence-electron chi connectivity index (χ2n) is 4.28. The number of hydrogen-bond acceptors (Lipinski definition) is 2. The molecule has 0 atom stereocenters. The Morgan fingerprint density at radius 3 is 2.06 bits per heavy atom. The minimum Gasteiger partial charge on any atom is -0.508 e. The number of phenolic OH excluding ortho intramolecular Hbond substituents is 1. The van der Waals surface area contributed by atoms with Gasteiger partial charge in [0.2, 0.25) is 0 Å². The van der Waals surface area contributed by atoms with E-state index in [9.17, 15) is 5.11 Å². The first-order valence-corrected chi connectivity index (χ1v) is 5.61. The van der Waals surface area contributed by atoms with Crippen molar-refractivity contribution < 1.29 is 9.84 Å². The molecule has 0 bridgehead atoms. The largest absolute Gasteiger partial charge is 0.508 e. The molecule has 0 amide bonds. The normalized spacial score (nSPS) is 10.3. The molecular formula is C15H16O2. The van der Waals surface area contributed by atoms with Gasteiger partial charge in [-0.2, -0.15) is 0 Å². The second kappa shape index (κ2) is 4.50. The molecule has 0 saturated heterocycles. The van der Waals surface area contributed by atoms with E-state index in [1.807, 2.05) is 45.0 Å². The summed E-state index contributed by atoms with van der Waals surface area (Å²) in [5.74, 6) is 1.94. The van der Waals surface area contributed by atoms with E-state index < -0.39 is 0 Å². The number of ether oxygens (including phenoxy) is 1. The van der Waals surface area contributed by atoms with Crippen LogP contribution in [0.4, 0.5) is 0 Å². The third-order valence-electron chi connectivity index (χ3n) is 2.75. The van der Waals surface area contributed by atoms with E-state index in [1.165, 1.54) is 0 Å². The van der Waals surface area contributed by atoms with Crippen molar-refractivity contribution in [2.24, 2.45) is 0 Å². The van der Waals surface area contributed by atoms with Gasteiger partial charge in [0, 0.05) is 0 Å². The SMILES string of the molecule is Cc1ccccc1Oc1c(C)cc(O)cc1C. The summed E-state index contributed by atoms with van der Waals surface area (Å²) in [6.45, 7) is 5.88. The highest BCUT2D eigenvalue weighted by Gasteiger charge is 2.08. The van der Waals surface area contributed by atoms with Crippen molar-refractivity contribution in [2.45, 2.75) is 20.8 Å². The van der Waals surface area contributed by atoms with Crippen LogP contribution in [0.15, 0.2) is 36.4 Å². The molecule has 2 aromatic carbocycles. The van der Waals surface area contributed by atoms with Gasteiger partial charge in [0.15, 0.2) is 0 Å². The average molecular weight is 228 g/mol. The minimum absolute atomic E-state index is 0.275. The van der Waals surface area contributed by atoms with Gasteiger partial charge >= 0.3 is 0 Å². The maximum absolute atomic E-state index is 9.48. The van der Waals surface area contributed by atoms with Gasteiger partial charge in [-0.15, -0.1) is 0 Å². The zero-order valence-electron chi connectivity index (χ0n) is 10.3. The minimum atomic E-state index is 0.275. The van der Waals surface area contributed by atoms with E-state index in [-0.39, 0.29) is 5.75 Å². The first kappa shape index (κ1) is 11.5. The molecule has 0 aromatic heterocycles. The summed E-state index contributed by atoms with van der Waals surface area (Å²) in [4.78, 5) is 0. The van der Waals surface area contributed by atoms with E-state index in [2.05, 4.69) is 0 Å². The number of rotatable bonds is 2. The Labute approximate surface area is 101 Å². The Morgan fingerprint density at radius 1 is 0.882 bits per heavy atom. The van der Waals surface area contributed by atoms with Crippen LogP contribution in [0.1, 0.15) is 16.7 Å². The van der Waals surface area contributed by atoms with Gasteiger partial charge in [0.1, 0.15) is 17.2 Å². The summed E-state index contributed by atoms with van der Waals surface area (Å²) in [6, 6.07) is 11.3. The summed E-state index contributed by atoms with van der Waals surface area (Å²) >= 11 is 0. The fourth-order valence-corrected chi connectivity index (χ4v) is 1.87. The molecule has 2 heteroatoms. The summed E-state index contributed by atoms with van der Waals surface area (Å²) in [5.41, 5.74) is 2.97. The molecule has 0 radical (unpaired) electrons. The lowest BCUT2D eigenvalue weighted by Crippen LogP contribution is -1.92. The lowest BCUT2D eigenvalue weighted by molar-refractivity contribution is 0.457. The highest BCUT2D eigenvalue weighted by Crippen LogP contribution is 2.32. The molecule has 0 unspecified atom stereocenters. The van der Waals surface area contributed by atoms with Crippen LogP contribution in [0.2, 0.25) is 0 Å². The summed E-state index contributed by atoms with van der Waals surface area (Å²) < 4.78 is 5.91. The van der Waals surface area contributed by atoms with Crippen LogP contribution in [-0.2, 0) is 0 Å². The zero-order chi connectivity index (χ0) is 12.4. The summed E-state index contributed by atoms with van der Waals surface area (Å²) in [7, 11) is 0. The van der Waals surface area contributed by atoms with Gasteiger partial charge in [-0.25, -0.2) is 0 Å². The number of hydrogen-bond donors (Lipinski definition) is 1. The Morgan fingerprint density at radius 2 is 1.47 bits per heavy atom. The smallest absolute Gasteiger partial charge is 0.133 e. The van der Waals surface area contributed by atoms with Crippen molar-refractivity contribution in [1.82, 2.24) is 0 Å². The van der Waals surface area contributed by atoms with Crippen molar-refractivity contribution >= 4 is 0 Å². The lowest BCUT2D eigenvalue weighted by atomic mass is 10.1. The topological polar surface area (TPSA) is 29.5 Å². The van der Waals surface area contributed by atoms with Crippen LogP contribution in [0.25, 0.3) is 0 Å². The Balaban J connectivity index is 2.40. The summed E-state index contributed by atoms with van der Waals surface area (Å²) in [6.07, 6.45) is 0. The first-order valence-electron chi connectivity index (χ1n) is 5.61. The third kappa shape index (κ3) is 2.41. The van der Waals surface area contributed by atoms with Gasteiger partial charge in [-0.1, -0.05) is 18.2 Å². The monoisotopic (exact) mass is 228 g/mol. The van der Waals surface area contributed by atoms with Crippen molar-refractivity contribution in [3.05, 3.63) is 53.1 Å². The van der Waals surface area contributed by atoms with Crippen LogP contribution in [0, 0.1) is 20.8 Å². The number of phenols is 1. The van der Waals surface area contributed by atoms with Crippen LogP contribution in [0.5, 0.6) is 17.2 Å². The summed E-state index contributed by atoms with van der Waals surface area (Å²) in [5, 5.41) is 9.48. The van der Waals surface area contributed by atoms with Gasteiger partial charge in [-0.3, -0.25) is 0 Å². The van der Waals surface area contributed by atoms with Crippen LogP contribution in [0.3, 0.4) is 0 Å². The maximum Gasteiger partial charge on any atom is 0.133 e. The first-order chi connectivity index (χ1) is 8.08. The second-order valence-corrected chi connectivity index (χ2v) is 4.28. The maximum atomic E-state index is 9.48. The zero-order valence-corrected chi connectivity index (χ0v) is 10.3. The Bertz CT molecular complexity index is 521. The van der Waals surface area contributed by atoms with Crippen molar-refractivity contribution in [3.8, 4) is 17.2 Å². The van der Waals surface area contributed by atoms with Gasteiger partial charge in [-0.05, 0) is 55.7 Å². The molecule has 88 valence electrons. The van der Waals surface area contributed by atoms with E-state index in [4.69, 9.17) is 4.74 Å². The molecule has 0 heterocycles. The van der Waals surface area contributed by atoms with Crippen LogP contribution < -0.4 is 4.74 Å². The molecule has 2 aromatic rings. The Kier molecular flexibility index (Phi) is 3.05. The quantitative estimate of drug-likeness (QED) is 0.838. The lowest BCUT2D eigenvalue weighted by Gasteiger charge is -2.13. The molecule has 0 aliphatic heterocycles. The van der Waals surface area contributed by atoms with Gasteiger partial charge in [0.05, 0.1) is 0 Å². The molecule has 0 saturated carbocycles. The van der Waals surface area contributed by atoms with Crippen LogP contribution >= 0.6 is 0 Å². The number of aromatic hydroxyl groups is 1. The van der Waals surface area contributed by atoms with E-state index in [0.717, 1.165) is 28.2 Å². The molecule has 1 N–H and O–H groups in total. The molecular weight excluding hydrogens is 212 g/mol. The number of benzene rings is 2. The van der Waals surface area contributed by atoms with Gasteiger partial charge in [0.25, 0.3) is 0 Å². The predicted octanol–water partition coefficient (Wildman–Crippen LogP) is 4.11. The molecule has 0 fully saturated rings. The van der Waals surface area contributed by atoms with Crippen molar-refractivity contribution in [3.63, 3.8) is 0 Å². The fourth-order valence-electron chi connectivity index (χ4n) is 1.87. The highest BCUT2D eigenvalue weighted by atomic mass is 16.5. The van der Waals surface area contributed by atoms with E-state index >= 15 is 0 Å². The third-order valence-corrected chi connectivity index (χ3v) is 2.75. The molecule has 17 heavy (non-hydrogen) atoms. The van der Waals surface area contributed by atoms with Crippen molar-refractivity contribution in [1.29, 1.82) is 0 Å². The number of aryl methyl sites for hydroxylation is 3. The van der Waals surface area contributed by atoms with Crippen LogP contribution in [-0.4, -0.2) is 5.11 Å². The van der Waals surface area contributed by atoms with Crippen molar-refractivity contribution in [2.75, 3.05) is 0 Å². The standard InChI is InChI=1S/C15H16O2/c1-10-6-4-5-7-14(10)17-15-11(2)8-13(16)9-12(15)3/h4-9,16H,1-3H3. The number of para-hydroxylation sites is 1. The molecule has 2 rings (SSSR count). The molecule has 0 spiro atoms.